The number of aromatic nitrogens is 3. The maximum Gasteiger partial charge on any atom is 0.417 e. The summed E-state index contributed by atoms with van der Waals surface area (Å²) in [4.78, 5) is 23.5. The number of halogens is 3. The van der Waals surface area contributed by atoms with Crippen LogP contribution in [-0.4, -0.2) is 20.7 Å². The van der Waals surface area contributed by atoms with E-state index in [0.717, 1.165) is 23.9 Å². The lowest BCUT2D eigenvalue weighted by atomic mass is 10.3. The summed E-state index contributed by atoms with van der Waals surface area (Å²) in [7, 11) is 0. The zero-order chi connectivity index (χ0) is 16.6. The molecular weight excluding hydrogens is 333 g/mol. The van der Waals surface area contributed by atoms with Gasteiger partial charge in [-0.25, -0.2) is 0 Å². The van der Waals surface area contributed by atoms with Crippen molar-refractivity contribution in [2.75, 3.05) is 5.32 Å². The van der Waals surface area contributed by atoms with Crippen molar-refractivity contribution in [1.29, 1.82) is 0 Å². The lowest BCUT2D eigenvalue weighted by Crippen LogP contribution is -2.28. The van der Waals surface area contributed by atoms with Gasteiger partial charge in [-0.05, 0) is 18.9 Å². The Bertz CT molecular complexity index is 795. The van der Waals surface area contributed by atoms with Crippen molar-refractivity contribution in [1.82, 2.24) is 14.8 Å². The molecule has 1 amide bonds. The Hall–Kier alpha value is -2.23. The van der Waals surface area contributed by atoms with Gasteiger partial charge in [-0.3, -0.25) is 14.9 Å². The molecule has 1 saturated carbocycles. The molecule has 2 heterocycles. The van der Waals surface area contributed by atoms with Crippen LogP contribution in [0.3, 0.4) is 0 Å². The molecule has 1 aliphatic rings. The summed E-state index contributed by atoms with van der Waals surface area (Å²) in [6.07, 6.45) is -1.87. The predicted octanol–water partition coefficient (Wildman–Crippen LogP) is 2.23. The average Bonchev–Trinajstić information content (AvgIpc) is 3.21. The highest BCUT2D eigenvalue weighted by molar-refractivity contribution is 7.15. The number of carbonyl (C=O) groups excluding carboxylic acids is 1. The number of hydrogen-bond donors (Lipinski definition) is 1. The molecule has 23 heavy (non-hydrogen) atoms. The minimum Gasteiger partial charge on any atom is -0.305 e. The van der Waals surface area contributed by atoms with Gasteiger partial charge in [0, 0.05) is 18.2 Å². The van der Waals surface area contributed by atoms with E-state index in [4.69, 9.17) is 0 Å². The van der Waals surface area contributed by atoms with Gasteiger partial charge in [0.05, 0.1) is 5.56 Å². The summed E-state index contributed by atoms with van der Waals surface area (Å²) in [6.45, 7) is -0.527. The molecule has 2 aromatic rings. The highest BCUT2D eigenvalue weighted by Gasteiger charge is 2.31. The molecule has 0 radical (unpaired) electrons. The van der Waals surface area contributed by atoms with Crippen LogP contribution in [0.5, 0.6) is 0 Å². The molecule has 0 unspecified atom stereocenters. The van der Waals surface area contributed by atoms with Crippen molar-refractivity contribution in [2.24, 2.45) is 0 Å². The topological polar surface area (TPSA) is 76.9 Å². The number of pyridine rings is 1. The number of rotatable bonds is 4. The quantitative estimate of drug-likeness (QED) is 0.923. The Labute approximate surface area is 132 Å². The van der Waals surface area contributed by atoms with Gasteiger partial charge < -0.3 is 4.57 Å². The smallest absolute Gasteiger partial charge is 0.305 e. The fraction of sp³-hybridized carbons (Fsp3) is 0.385. The third kappa shape index (κ3) is 3.76. The van der Waals surface area contributed by atoms with Crippen molar-refractivity contribution in [3.05, 3.63) is 39.3 Å². The normalized spacial score (nSPS) is 14.7. The first-order valence-electron chi connectivity index (χ1n) is 6.74. The average molecular weight is 344 g/mol. The minimum atomic E-state index is -4.58. The molecule has 0 bridgehead atoms. The van der Waals surface area contributed by atoms with Gasteiger partial charge in [-0.2, -0.15) is 13.2 Å². The van der Waals surface area contributed by atoms with Crippen molar-refractivity contribution < 1.29 is 18.0 Å². The fourth-order valence-corrected chi connectivity index (χ4v) is 2.85. The number of carbonyl (C=O) groups is 1. The van der Waals surface area contributed by atoms with Gasteiger partial charge in [0.25, 0.3) is 5.56 Å². The zero-order valence-electron chi connectivity index (χ0n) is 11.6. The lowest BCUT2D eigenvalue weighted by molar-refractivity contribution is -0.138. The van der Waals surface area contributed by atoms with Crippen LogP contribution in [0.2, 0.25) is 0 Å². The Morgan fingerprint density at radius 1 is 1.35 bits per heavy atom. The second-order valence-corrected chi connectivity index (χ2v) is 6.16. The first-order chi connectivity index (χ1) is 10.8. The van der Waals surface area contributed by atoms with E-state index in [1.807, 2.05) is 0 Å². The molecule has 0 aliphatic heterocycles. The van der Waals surface area contributed by atoms with Crippen LogP contribution in [0.1, 0.15) is 29.3 Å². The Kier molecular flexibility index (Phi) is 3.92. The summed E-state index contributed by atoms with van der Waals surface area (Å²) < 4.78 is 38.6. The first-order valence-corrected chi connectivity index (χ1v) is 7.55. The van der Waals surface area contributed by atoms with Gasteiger partial charge in [-0.1, -0.05) is 11.3 Å². The molecule has 0 atom stereocenters. The van der Waals surface area contributed by atoms with Gasteiger partial charge >= 0.3 is 6.18 Å². The van der Waals surface area contributed by atoms with Crippen LogP contribution < -0.4 is 10.9 Å². The number of amides is 1. The Morgan fingerprint density at radius 3 is 2.74 bits per heavy atom. The van der Waals surface area contributed by atoms with Crippen LogP contribution >= 0.6 is 11.3 Å². The van der Waals surface area contributed by atoms with E-state index >= 15 is 0 Å². The van der Waals surface area contributed by atoms with Crippen LogP contribution in [-0.2, 0) is 17.5 Å². The van der Waals surface area contributed by atoms with Crippen LogP contribution in [0, 0.1) is 0 Å². The standard InChI is InChI=1S/C13H11F3N4O2S/c14-13(15,16)8-3-4-10(22)20(5-8)6-9(21)17-12-19-18-11(23-12)7-1-2-7/h3-5,7H,1-2,6H2,(H,17,19,21). The van der Waals surface area contributed by atoms with Crippen molar-refractivity contribution in [3.8, 4) is 0 Å². The zero-order valence-corrected chi connectivity index (χ0v) is 12.4. The number of anilines is 1. The molecule has 10 heteroatoms. The second-order valence-electron chi connectivity index (χ2n) is 5.15. The van der Waals surface area contributed by atoms with E-state index in [-0.39, 0.29) is 5.13 Å². The summed E-state index contributed by atoms with van der Waals surface area (Å²) in [5.41, 5.74) is -1.68. The minimum absolute atomic E-state index is 0.275. The van der Waals surface area contributed by atoms with E-state index in [9.17, 15) is 22.8 Å². The SMILES string of the molecule is O=C(Cn1cc(C(F)(F)F)ccc1=O)Nc1nnc(C2CC2)s1. The van der Waals surface area contributed by atoms with E-state index in [1.165, 1.54) is 11.3 Å². The largest absolute Gasteiger partial charge is 0.417 e. The molecule has 3 rings (SSSR count). The fourth-order valence-electron chi connectivity index (χ4n) is 1.92. The van der Waals surface area contributed by atoms with Gasteiger partial charge in [0.1, 0.15) is 11.6 Å². The summed E-state index contributed by atoms with van der Waals surface area (Å²) in [5.74, 6) is -0.242. The molecule has 2 aromatic heterocycles. The number of hydrogen-bond acceptors (Lipinski definition) is 5. The lowest BCUT2D eigenvalue weighted by Gasteiger charge is -2.10. The predicted molar refractivity (Wildman–Crippen MR) is 76.2 cm³/mol. The maximum atomic E-state index is 12.6. The van der Waals surface area contributed by atoms with E-state index in [1.54, 1.807) is 0 Å². The number of alkyl halides is 3. The first kappa shape index (κ1) is 15.7. The monoisotopic (exact) mass is 344 g/mol. The molecule has 122 valence electrons. The highest BCUT2D eigenvalue weighted by atomic mass is 32.1. The van der Waals surface area contributed by atoms with Gasteiger partial charge in [-0.15, -0.1) is 10.2 Å². The molecular formula is C13H11F3N4O2S. The third-order valence-electron chi connectivity index (χ3n) is 3.24. The van der Waals surface area contributed by atoms with Gasteiger partial charge in [0.15, 0.2) is 0 Å². The Balaban J connectivity index is 1.70. The molecule has 6 nitrogen and oxygen atoms in total. The summed E-state index contributed by atoms with van der Waals surface area (Å²) in [6, 6.07) is 1.47. The maximum absolute atomic E-state index is 12.6. The summed E-state index contributed by atoms with van der Waals surface area (Å²) in [5, 5.41) is 11.3. The molecule has 1 fully saturated rings. The summed E-state index contributed by atoms with van der Waals surface area (Å²) >= 11 is 1.23. The van der Waals surface area contributed by atoms with Gasteiger partial charge in [0.2, 0.25) is 11.0 Å². The van der Waals surface area contributed by atoms with E-state index < -0.39 is 29.8 Å². The Morgan fingerprint density at radius 2 is 2.09 bits per heavy atom. The van der Waals surface area contributed by atoms with Crippen molar-refractivity contribution in [2.45, 2.75) is 31.5 Å². The number of nitrogens with zero attached hydrogens (tertiary/aromatic N) is 3. The number of nitrogens with one attached hydrogen (secondary N) is 1. The molecule has 0 spiro atoms. The molecule has 1 aliphatic carbocycles. The second kappa shape index (κ2) is 5.76. The van der Waals surface area contributed by atoms with E-state index in [2.05, 4.69) is 15.5 Å². The third-order valence-corrected chi connectivity index (χ3v) is 4.24. The van der Waals surface area contributed by atoms with Crippen LogP contribution in [0.15, 0.2) is 23.1 Å². The van der Waals surface area contributed by atoms with Crippen molar-refractivity contribution in [3.63, 3.8) is 0 Å². The molecule has 0 saturated heterocycles. The molecule has 0 aromatic carbocycles. The van der Waals surface area contributed by atoms with Crippen LogP contribution in [0.25, 0.3) is 0 Å². The van der Waals surface area contributed by atoms with Crippen molar-refractivity contribution >= 4 is 22.4 Å². The molecule has 1 N–H and O–H groups in total. The van der Waals surface area contributed by atoms with E-state index in [0.29, 0.717) is 22.7 Å². The van der Waals surface area contributed by atoms with Crippen LogP contribution in [0.4, 0.5) is 18.3 Å². The highest BCUT2D eigenvalue weighted by Crippen LogP contribution is 2.42.